The van der Waals surface area contributed by atoms with Gasteiger partial charge in [-0.2, -0.15) is 0 Å². The van der Waals surface area contributed by atoms with Crippen LogP contribution in [-0.2, 0) is 0 Å². The van der Waals surface area contributed by atoms with Crippen molar-refractivity contribution in [2.75, 3.05) is 0 Å². The minimum absolute atomic E-state index is 0.0728. The van der Waals surface area contributed by atoms with Crippen molar-refractivity contribution in [3.63, 3.8) is 0 Å². The fourth-order valence-electron chi connectivity index (χ4n) is 8.79. The molecule has 0 saturated heterocycles. The Hall–Kier alpha value is -3.41. The molecule has 1 aromatic heterocycles. The summed E-state index contributed by atoms with van der Waals surface area (Å²) in [6.07, 6.45) is 11.8. The first-order valence-corrected chi connectivity index (χ1v) is 16.5. The molecule has 1 aliphatic heterocycles. The smallest absolute Gasteiger partial charge is 0.259 e. The van der Waals surface area contributed by atoms with Gasteiger partial charge in [0.25, 0.3) is 5.91 Å². The number of amides is 1. The van der Waals surface area contributed by atoms with Gasteiger partial charge < -0.3 is 4.57 Å². The third-order valence-corrected chi connectivity index (χ3v) is 11.6. The van der Waals surface area contributed by atoms with Crippen LogP contribution in [0.25, 0.3) is 60.4 Å². The lowest BCUT2D eigenvalue weighted by molar-refractivity contribution is 0.0779. The molecule has 0 radical (unpaired) electrons. The van der Waals surface area contributed by atoms with Gasteiger partial charge in [0, 0.05) is 50.1 Å². The number of fused-ring (bicyclic) bond motifs is 2. The number of aromatic nitrogens is 1. The van der Waals surface area contributed by atoms with Crippen LogP contribution < -0.4 is 5.35 Å². The maximum absolute atomic E-state index is 14.1. The number of hydrogen-bond donors (Lipinski definition) is 0. The molecule has 1 amide bonds. The van der Waals surface area contributed by atoms with Crippen LogP contribution >= 0.6 is 24.4 Å². The monoisotopic (exact) mass is 584 g/mol. The van der Waals surface area contributed by atoms with Gasteiger partial charge in [-0.3, -0.25) is 9.69 Å². The van der Waals surface area contributed by atoms with Crippen LogP contribution in [0.3, 0.4) is 0 Å². The molecule has 0 N–H and O–H groups in total. The van der Waals surface area contributed by atoms with E-state index in [0.29, 0.717) is 11.0 Å². The molecule has 2 fully saturated rings. The molecule has 0 unspecified atom stereocenters. The van der Waals surface area contributed by atoms with E-state index in [-0.39, 0.29) is 11.9 Å². The summed E-state index contributed by atoms with van der Waals surface area (Å²) in [5, 5.41) is 12.8. The van der Waals surface area contributed by atoms with Gasteiger partial charge in [0.1, 0.15) is 9.63 Å². The second kappa shape index (κ2) is 9.05. The van der Waals surface area contributed by atoms with Crippen molar-refractivity contribution in [3.05, 3.63) is 69.6 Å². The highest BCUT2D eigenvalue weighted by Gasteiger charge is 2.36. The summed E-state index contributed by atoms with van der Waals surface area (Å²) in [6.45, 7) is 4.62. The van der Waals surface area contributed by atoms with Gasteiger partial charge in [0.05, 0.1) is 0 Å². The number of nitrogens with zero attached hydrogens (tertiary/aromatic N) is 2. The summed E-state index contributed by atoms with van der Waals surface area (Å²) in [4.78, 5) is 16.7. The molecule has 6 aromatic rings. The molecule has 0 spiro atoms. The number of benzene rings is 5. The van der Waals surface area contributed by atoms with Gasteiger partial charge in [-0.1, -0.05) is 112 Å². The molecular weight excluding hydrogens is 553 g/mol. The number of hydrogen-bond acceptors (Lipinski definition) is 3. The highest BCUT2D eigenvalue weighted by atomic mass is 32.1. The van der Waals surface area contributed by atoms with Gasteiger partial charge in [0.2, 0.25) is 0 Å². The molecule has 208 valence electrons. The summed E-state index contributed by atoms with van der Waals surface area (Å²) < 4.78 is 3.28. The molecule has 5 heteroatoms. The molecule has 42 heavy (non-hydrogen) atoms. The summed E-state index contributed by atoms with van der Waals surface area (Å²) in [7, 11) is 0. The largest absolute Gasteiger partial charge is 0.329 e. The quantitative estimate of drug-likeness (QED) is 0.115. The SMILES string of the molecule is C=c1c2ccc3c4ccc5c6c(ccc(c7ccc(c(=S)n1C1CCCCC1)c2c37)c64)C(=O)N(C1CCCCC1)C5=S. The molecule has 3 nitrogen and oxygen atoms in total. The van der Waals surface area contributed by atoms with Crippen LogP contribution in [0.5, 0.6) is 0 Å². The third kappa shape index (κ3) is 3.19. The Labute approximate surface area is 255 Å². The Morgan fingerprint density at radius 3 is 1.69 bits per heavy atom. The average Bonchev–Trinajstić information content (AvgIpc) is 3.03. The van der Waals surface area contributed by atoms with E-state index in [1.54, 1.807) is 0 Å². The van der Waals surface area contributed by atoms with E-state index < -0.39 is 0 Å². The Balaban J connectivity index is 1.35. The number of carbonyl (C=O) groups is 1. The first-order chi connectivity index (χ1) is 20.5. The van der Waals surface area contributed by atoms with Crippen LogP contribution in [0, 0.1) is 4.64 Å². The minimum Gasteiger partial charge on any atom is -0.329 e. The average molecular weight is 585 g/mol. The molecule has 5 aromatic carbocycles. The van der Waals surface area contributed by atoms with Crippen molar-refractivity contribution >= 4 is 95.8 Å². The highest BCUT2D eigenvalue weighted by molar-refractivity contribution is 7.80. The molecule has 3 aliphatic rings. The van der Waals surface area contributed by atoms with E-state index in [0.717, 1.165) is 63.0 Å². The fourth-order valence-corrected chi connectivity index (χ4v) is 9.63. The molecule has 0 bridgehead atoms. The lowest BCUT2D eigenvalue weighted by atomic mass is 9.83. The summed E-state index contributed by atoms with van der Waals surface area (Å²) in [5.41, 5.74) is 1.81. The summed E-state index contributed by atoms with van der Waals surface area (Å²) in [6, 6.07) is 18.3. The maximum atomic E-state index is 14.1. The van der Waals surface area contributed by atoms with Crippen LogP contribution in [0.4, 0.5) is 0 Å². The molecule has 0 atom stereocenters. The van der Waals surface area contributed by atoms with E-state index in [1.165, 1.54) is 76.2 Å². The summed E-state index contributed by atoms with van der Waals surface area (Å²) >= 11 is 12.3. The lowest BCUT2D eigenvalue weighted by Crippen LogP contribution is -2.47. The third-order valence-electron chi connectivity index (χ3n) is 10.7. The van der Waals surface area contributed by atoms with Gasteiger partial charge in [0.15, 0.2) is 0 Å². The second-order valence-corrected chi connectivity index (χ2v) is 13.6. The molecule has 9 rings (SSSR count). The Kier molecular flexibility index (Phi) is 5.41. The Morgan fingerprint density at radius 1 is 0.571 bits per heavy atom. The van der Waals surface area contributed by atoms with E-state index in [9.17, 15) is 4.79 Å². The van der Waals surface area contributed by atoms with Crippen molar-refractivity contribution in [1.29, 1.82) is 0 Å². The first kappa shape index (κ1) is 25.1. The van der Waals surface area contributed by atoms with Crippen molar-refractivity contribution in [2.45, 2.75) is 76.3 Å². The highest BCUT2D eigenvalue weighted by Crippen LogP contribution is 2.46. The predicted molar refractivity (Wildman–Crippen MR) is 182 cm³/mol. The minimum atomic E-state index is 0.0728. The van der Waals surface area contributed by atoms with Crippen molar-refractivity contribution in [1.82, 2.24) is 9.47 Å². The molecule has 2 heterocycles. The van der Waals surface area contributed by atoms with E-state index in [4.69, 9.17) is 24.4 Å². The van der Waals surface area contributed by atoms with Gasteiger partial charge in [-0.05, 0) is 64.1 Å². The number of carbonyl (C=O) groups excluding carboxylic acids is 1. The van der Waals surface area contributed by atoms with E-state index >= 15 is 0 Å². The van der Waals surface area contributed by atoms with Crippen LogP contribution in [-0.4, -0.2) is 26.4 Å². The van der Waals surface area contributed by atoms with Crippen molar-refractivity contribution in [2.24, 2.45) is 0 Å². The van der Waals surface area contributed by atoms with Gasteiger partial charge in [-0.25, -0.2) is 0 Å². The first-order valence-electron chi connectivity index (χ1n) is 15.7. The number of thiocarbonyl (C=S) groups is 1. The Morgan fingerprint density at radius 2 is 1.05 bits per heavy atom. The predicted octanol–water partition coefficient (Wildman–Crippen LogP) is 9.52. The second-order valence-electron chi connectivity index (χ2n) is 12.8. The van der Waals surface area contributed by atoms with E-state index in [1.807, 2.05) is 4.90 Å². The molecular formula is C37H32N2OS2. The lowest BCUT2D eigenvalue weighted by Gasteiger charge is -2.38. The zero-order valence-electron chi connectivity index (χ0n) is 23.7. The topological polar surface area (TPSA) is 25.2 Å². The van der Waals surface area contributed by atoms with Gasteiger partial charge >= 0.3 is 0 Å². The van der Waals surface area contributed by atoms with Gasteiger partial charge in [-0.15, -0.1) is 0 Å². The zero-order valence-corrected chi connectivity index (χ0v) is 25.3. The van der Waals surface area contributed by atoms with Crippen molar-refractivity contribution < 1.29 is 4.79 Å². The van der Waals surface area contributed by atoms with Crippen molar-refractivity contribution in [3.8, 4) is 0 Å². The van der Waals surface area contributed by atoms with Crippen LogP contribution in [0.15, 0.2) is 48.5 Å². The Bertz CT molecular complexity index is 2120. The zero-order chi connectivity index (χ0) is 28.3. The summed E-state index contributed by atoms with van der Waals surface area (Å²) in [5.74, 6) is 0.0728. The molecule has 2 aliphatic carbocycles. The maximum Gasteiger partial charge on any atom is 0.259 e. The van der Waals surface area contributed by atoms with Crippen LogP contribution in [0.1, 0.15) is 86.2 Å². The normalized spacial score (nSPS) is 19.0. The number of rotatable bonds is 2. The standard InChI is InChI=1S/C37H32N2OS2/c1-20-23-12-13-24-27-16-19-30-34-28(35(40)39(37(30)42)22-10-6-3-7-11-22)17-14-25(33(27)34)26-15-18-29(31(23)32(24)26)36(41)38(20)21-8-4-2-5-9-21/h12-19,21-22H,1-11H2. The fraction of sp³-hybridized carbons (Fsp3) is 0.324. The van der Waals surface area contributed by atoms with E-state index in [2.05, 4.69) is 59.7 Å². The number of pyridine rings is 1. The molecule has 2 saturated carbocycles. The van der Waals surface area contributed by atoms with Crippen LogP contribution in [0.2, 0.25) is 0 Å².